The summed E-state index contributed by atoms with van der Waals surface area (Å²) in [6.45, 7) is 4.73. The largest absolute Gasteiger partial charge is 0.123 e. The lowest BCUT2D eigenvalue weighted by Gasteiger charge is -2.23. The molecule has 5 aromatic carbocycles. The fourth-order valence-corrected chi connectivity index (χ4v) is 9.60. The third kappa shape index (κ3) is 4.73. The molecule has 0 unspecified atom stereocenters. The van der Waals surface area contributed by atoms with Crippen molar-refractivity contribution in [2.75, 3.05) is 13.3 Å². The molecule has 0 atom stereocenters. The quantitative estimate of drug-likeness (QED) is 0.248. The van der Waals surface area contributed by atoms with Crippen LogP contribution in [0.4, 0.5) is 0 Å². The monoisotopic (exact) mass is 476 g/mol. The maximum atomic E-state index is 2.36. The molecule has 0 N–H and O–H groups in total. The van der Waals surface area contributed by atoms with E-state index in [0.29, 0.717) is 9.52 Å². The Morgan fingerprint density at radius 2 is 1.00 bits per heavy atom. The van der Waals surface area contributed by atoms with E-state index in [4.69, 9.17) is 0 Å². The molecule has 0 saturated carbocycles. The van der Waals surface area contributed by atoms with Gasteiger partial charge in [-0.25, -0.2) is 0 Å². The second-order valence-electron chi connectivity index (χ2n) is 8.22. The lowest BCUT2D eigenvalue weighted by Crippen LogP contribution is -2.40. The van der Waals surface area contributed by atoms with Crippen LogP contribution < -0.4 is 31.6 Å². The van der Waals surface area contributed by atoms with Gasteiger partial charge in [0.15, 0.2) is 0 Å². The van der Waals surface area contributed by atoms with Gasteiger partial charge in [0.2, 0.25) is 0 Å². The lowest BCUT2D eigenvalue weighted by molar-refractivity contribution is 1.75. The van der Waals surface area contributed by atoms with Crippen molar-refractivity contribution in [3.8, 4) is 0 Å². The van der Waals surface area contributed by atoms with Gasteiger partial charge in [0.05, 0.1) is 0 Å². The highest BCUT2D eigenvalue weighted by Crippen LogP contribution is 2.32. The van der Waals surface area contributed by atoms with E-state index in [2.05, 4.69) is 135 Å². The first-order valence-corrected chi connectivity index (χ1v) is 15.8. The van der Waals surface area contributed by atoms with Crippen LogP contribution in [0.25, 0.3) is 10.8 Å². The molecule has 3 heteroatoms. The molecule has 0 aliphatic heterocycles. The van der Waals surface area contributed by atoms with Crippen LogP contribution in [0.1, 0.15) is 0 Å². The zero-order valence-electron chi connectivity index (χ0n) is 18.9. The molecule has 0 fully saturated rings. The number of fused-ring (bicyclic) bond motifs is 1. The number of hydrogen-bond donors (Lipinski definition) is 0. The summed E-state index contributed by atoms with van der Waals surface area (Å²) in [4.78, 5) is 0. The SMILES string of the molecule is CP(C)c1cccc2cccc([Si]c3ccccc3P(c3ccccc3)c3ccccc3)c12. The van der Waals surface area contributed by atoms with Gasteiger partial charge in [-0.05, 0) is 58.4 Å². The van der Waals surface area contributed by atoms with Crippen LogP contribution in [-0.4, -0.2) is 22.8 Å². The Kier molecular flexibility index (Phi) is 6.84. The number of rotatable bonds is 6. The van der Waals surface area contributed by atoms with Gasteiger partial charge in [-0.3, -0.25) is 0 Å². The zero-order valence-corrected chi connectivity index (χ0v) is 21.7. The minimum atomic E-state index is -0.615. The van der Waals surface area contributed by atoms with E-state index < -0.39 is 7.92 Å². The standard InChI is InChI=1S/C30H26P2Si/c1-31(2)27-20-11-13-23-14-12-22-29(30(23)27)33-28-21-10-9-19-26(28)32(24-15-5-3-6-16-24)25-17-7-4-8-18-25/h3-22H,1-2H3. The number of hydrogen-bond acceptors (Lipinski definition) is 0. The molecular weight excluding hydrogens is 450 g/mol. The molecule has 5 rings (SSSR count). The highest BCUT2D eigenvalue weighted by molar-refractivity contribution is 7.80. The molecule has 0 spiro atoms. The Morgan fingerprint density at radius 3 is 1.64 bits per heavy atom. The van der Waals surface area contributed by atoms with Crippen LogP contribution in [-0.2, 0) is 0 Å². The fourth-order valence-electron chi connectivity index (χ4n) is 4.30. The van der Waals surface area contributed by atoms with Gasteiger partial charge in [0, 0.05) is 0 Å². The van der Waals surface area contributed by atoms with Crippen molar-refractivity contribution >= 4 is 67.7 Å². The lowest BCUT2D eigenvalue weighted by atomic mass is 10.1. The first-order valence-electron chi connectivity index (χ1n) is 11.2. The predicted octanol–water partition coefficient (Wildman–Crippen LogP) is 4.62. The van der Waals surface area contributed by atoms with Gasteiger partial charge in [-0.15, -0.1) is 0 Å². The molecule has 160 valence electrons. The molecule has 0 aromatic heterocycles. The van der Waals surface area contributed by atoms with E-state index in [1.165, 1.54) is 42.4 Å². The Bertz CT molecular complexity index is 1320. The van der Waals surface area contributed by atoms with Crippen molar-refractivity contribution in [2.45, 2.75) is 0 Å². The molecule has 0 bridgehead atoms. The minimum absolute atomic E-state index is 0.170. The second kappa shape index (κ2) is 10.1. The van der Waals surface area contributed by atoms with Gasteiger partial charge in [0.1, 0.15) is 9.52 Å². The first-order chi connectivity index (χ1) is 16.2. The van der Waals surface area contributed by atoms with E-state index in [1.54, 1.807) is 0 Å². The average Bonchev–Trinajstić information content (AvgIpc) is 2.86. The Morgan fingerprint density at radius 1 is 0.485 bits per heavy atom. The third-order valence-electron chi connectivity index (χ3n) is 5.81. The summed E-state index contributed by atoms with van der Waals surface area (Å²) in [7, 11) is -0.158. The van der Waals surface area contributed by atoms with E-state index >= 15 is 0 Å². The topological polar surface area (TPSA) is 0 Å². The van der Waals surface area contributed by atoms with Crippen molar-refractivity contribution < 1.29 is 0 Å². The third-order valence-corrected chi connectivity index (χ3v) is 11.2. The molecule has 0 aliphatic carbocycles. The Balaban J connectivity index is 1.66. The molecular formula is C30H26P2Si. The van der Waals surface area contributed by atoms with Crippen LogP contribution in [0.2, 0.25) is 0 Å². The maximum Gasteiger partial charge on any atom is 0.123 e. The second-order valence-corrected chi connectivity index (χ2v) is 14.0. The highest BCUT2D eigenvalue weighted by atomic mass is 31.1. The van der Waals surface area contributed by atoms with E-state index in [9.17, 15) is 0 Å². The molecule has 5 aromatic rings. The van der Waals surface area contributed by atoms with E-state index in [-0.39, 0.29) is 7.92 Å². The van der Waals surface area contributed by atoms with Crippen molar-refractivity contribution in [1.29, 1.82) is 0 Å². The van der Waals surface area contributed by atoms with Crippen LogP contribution in [0.3, 0.4) is 0 Å². The maximum absolute atomic E-state index is 2.36. The molecule has 0 saturated heterocycles. The van der Waals surface area contributed by atoms with E-state index in [0.717, 1.165) is 0 Å². The first kappa shape index (κ1) is 22.2. The summed E-state index contributed by atoms with van der Waals surface area (Å²) in [5.41, 5.74) is 0. The van der Waals surface area contributed by atoms with Crippen molar-refractivity contribution in [3.63, 3.8) is 0 Å². The molecule has 0 aliphatic rings. The van der Waals surface area contributed by atoms with Crippen molar-refractivity contribution in [2.24, 2.45) is 0 Å². The Labute approximate surface area is 202 Å². The molecule has 0 amide bonds. The van der Waals surface area contributed by atoms with Crippen LogP contribution in [0.5, 0.6) is 0 Å². The van der Waals surface area contributed by atoms with Crippen molar-refractivity contribution in [3.05, 3.63) is 121 Å². The van der Waals surface area contributed by atoms with E-state index in [1.807, 2.05) is 0 Å². The van der Waals surface area contributed by atoms with Gasteiger partial charge in [-0.2, -0.15) is 0 Å². The van der Waals surface area contributed by atoms with Gasteiger partial charge in [0.25, 0.3) is 0 Å². The average molecular weight is 477 g/mol. The normalized spacial score (nSPS) is 11.4. The summed E-state index contributed by atoms with van der Waals surface area (Å²) in [5, 5.41) is 11.5. The number of benzene rings is 5. The molecule has 0 heterocycles. The van der Waals surface area contributed by atoms with Gasteiger partial charge >= 0.3 is 0 Å². The van der Waals surface area contributed by atoms with Crippen LogP contribution >= 0.6 is 15.8 Å². The predicted molar refractivity (Wildman–Crippen MR) is 153 cm³/mol. The van der Waals surface area contributed by atoms with Crippen molar-refractivity contribution in [1.82, 2.24) is 0 Å². The summed E-state index contributed by atoms with van der Waals surface area (Å²) in [6.07, 6.45) is 0. The summed E-state index contributed by atoms with van der Waals surface area (Å²) in [6, 6.07) is 44.8. The Hall–Kier alpha value is -2.56. The zero-order chi connectivity index (χ0) is 22.6. The highest BCUT2D eigenvalue weighted by Gasteiger charge is 2.20. The minimum Gasteiger partial charge on any atom is -0.0810 e. The molecule has 0 nitrogen and oxygen atoms in total. The fraction of sp³-hybridized carbons (Fsp3) is 0.0667. The summed E-state index contributed by atoms with van der Waals surface area (Å²) in [5.74, 6) is 0. The smallest absolute Gasteiger partial charge is 0.0810 e. The van der Waals surface area contributed by atoms with Gasteiger partial charge in [-0.1, -0.05) is 134 Å². The molecule has 33 heavy (non-hydrogen) atoms. The molecule has 2 radical (unpaired) electrons. The summed E-state index contributed by atoms with van der Waals surface area (Å²) >= 11 is 0. The van der Waals surface area contributed by atoms with Crippen LogP contribution in [0.15, 0.2) is 121 Å². The summed E-state index contributed by atoms with van der Waals surface area (Å²) < 4.78 is 0. The van der Waals surface area contributed by atoms with Gasteiger partial charge < -0.3 is 0 Å². The van der Waals surface area contributed by atoms with Crippen LogP contribution in [0, 0.1) is 0 Å².